The Morgan fingerprint density at radius 2 is 1.75 bits per heavy atom. The monoisotopic (exact) mass is 269 g/mol. The van der Waals surface area contributed by atoms with E-state index in [1.54, 1.807) is 12.1 Å². The summed E-state index contributed by atoms with van der Waals surface area (Å²) < 4.78 is 0. The molecule has 3 nitrogen and oxygen atoms in total. The summed E-state index contributed by atoms with van der Waals surface area (Å²) in [7, 11) is 0. The molecule has 0 atom stereocenters. The molecule has 0 saturated heterocycles. The van der Waals surface area contributed by atoms with Gasteiger partial charge in [-0.1, -0.05) is 48.5 Å². The topological polar surface area (TPSA) is 49.3 Å². The van der Waals surface area contributed by atoms with Crippen LogP contribution in [0, 0.1) is 0 Å². The van der Waals surface area contributed by atoms with Gasteiger partial charge in [-0.3, -0.25) is 4.79 Å². The van der Waals surface area contributed by atoms with Crippen molar-refractivity contribution >= 4 is 11.7 Å². The van der Waals surface area contributed by atoms with Crippen molar-refractivity contribution in [1.29, 1.82) is 0 Å². The maximum Gasteiger partial charge on any atom is 0.307 e. The number of anilines is 1. The van der Waals surface area contributed by atoms with Crippen LogP contribution in [0.1, 0.15) is 17.5 Å². The van der Waals surface area contributed by atoms with Gasteiger partial charge >= 0.3 is 5.97 Å². The first kappa shape index (κ1) is 14.1. The van der Waals surface area contributed by atoms with Crippen molar-refractivity contribution in [2.24, 2.45) is 0 Å². The van der Waals surface area contributed by atoms with Crippen LogP contribution in [0.2, 0.25) is 0 Å². The van der Waals surface area contributed by atoms with Crippen LogP contribution < -0.4 is 5.32 Å². The SMILES string of the molecule is O=C(O)Cc1ccccc1.c1ccc2c(c1)CCCN2. The second kappa shape index (κ2) is 7.34. The third kappa shape index (κ3) is 4.43. The minimum Gasteiger partial charge on any atom is -0.481 e. The quantitative estimate of drug-likeness (QED) is 0.879. The van der Waals surface area contributed by atoms with Crippen LogP contribution in [0.25, 0.3) is 0 Å². The molecular weight excluding hydrogens is 250 g/mol. The van der Waals surface area contributed by atoms with E-state index >= 15 is 0 Å². The van der Waals surface area contributed by atoms with E-state index in [0.717, 1.165) is 12.1 Å². The Labute approximate surface area is 119 Å². The number of para-hydroxylation sites is 1. The molecule has 1 aliphatic rings. The molecule has 20 heavy (non-hydrogen) atoms. The molecule has 1 heterocycles. The van der Waals surface area contributed by atoms with Crippen molar-refractivity contribution in [3.8, 4) is 0 Å². The molecule has 0 spiro atoms. The van der Waals surface area contributed by atoms with E-state index in [1.807, 2.05) is 18.2 Å². The van der Waals surface area contributed by atoms with Crippen LogP contribution in [0.15, 0.2) is 54.6 Å². The van der Waals surface area contributed by atoms with Gasteiger partial charge in [0, 0.05) is 12.2 Å². The smallest absolute Gasteiger partial charge is 0.307 e. The van der Waals surface area contributed by atoms with Gasteiger partial charge in [-0.25, -0.2) is 0 Å². The lowest BCUT2D eigenvalue weighted by atomic mass is 10.0. The van der Waals surface area contributed by atoms with Crippen molar-refractivity contribution < 1.29 is 9.90 Å². The molecule has 2 aromatic carbocycles. The van der Waals surface area contributed by atoms with Crippen molar-refractivity contribution in [3.05, 3.63) is 65.7 Å². The van der Waals surface area contributed by atoms with Crippen molar-refractivity contribution in [3.63, 3.8) is 0 Å². The number of rotatable bonds is 2. The van der Waals surface area contributed by atoms with Gasteiger partial charge in [0.05, 0.1) is 6.42 Å². The molecule has 3 rings (SSSR count). The molecule has 1 aliphatic heterocycles. The summed E-state index contributed by atoms with van der Waals surface area (Å²) in [5.74, 6) is -0.786. The Kier molecular flexibility index (Phi) is 5.18. The molecule has 2 N–H and O–H groups in total. The molecule has 0 bridgehead atoms. The zero-order valence-electron chi connectivity index (χ0n) is 11.4. The first-order valence-corrected chi connectivity index (χ1v) is 6.83. The van der Waals surface area contributed by atoms with Gasteiger partial charge in [-0.05, 0) is 30.0 Å². The van der Waals surface area contributed by atoms with Crippen LogP contribution >= 0.6 is 0 Å². The Balaban J connectivity index is 0.000000147. The number of carbonyl (C=O) groups is 1. The van der Waals surface area contributed by atoms with Gasteiger partial charge in [-0.15, -0.1) is 0 Å². The highest BCUT2D eigenvalue weighted by atomic mass is 16.4. The van der Waals surface area contributed by atoms with Crippen molar-refractivity contribution in [2.75, 3.05) is 11.9 Å². The summed E-state index contributed by atoms with van der Waals surface area (Å²) in [6.45, 7) is 1.14. The number of aliphatic carboxylic acids is 1. The lowest BCUT2D eigenvalue weighted by molar-refractivity contribution is -0.136. The standard InChI is InChI=1S/C9H11N.C8H8O2/c1-2-6-9-8(4-1)5-3-7-10-9;9-8(10)6-7-4-2-1-3-5-7/h1-2,4,6,10H,3,5,7H2;1-5H,6H2,(H,9,10). The molecule has 0 fully saturated rings. The lowest BCUT2D eigenvalue weighted by Crippen LogP contribution is -2.10. The molecule has 2 aromatic rings. The van der Waals surface area contributed by atoms with Crippen LogP contribution in [0.4, 0.5) is 5.69 Å². The van der Waals surface area contributed by atoms with Crippen LogP contribution in [0.3, 0.4) is 0 Å². The Morgan fingerprint density at radius 1 is 1.05 bits per heavy atom. The highest BCUT2D eigenvalue weighted by Gasteiger charge is 2.04. The van der Waals surface area contributed by atoms with Gasteiger partial charge in [-0.2, -0.15) is 0 Å². The second-order valence-electron chi connectivity index (χ2n) is 4.74. The zero-order chi connectivity index (χ0) is 14.2. The van der Waals surface area contributed by atoms with E-state index in [0.29, 0.717) is 0 Å². The third-order valence-electron chi connectivity index (χ3n) is 3.15. The number of fused-ring (bicyclic) bond motifs is 1. The van der Waals surface area contributed by atoms with E-state index in [4.69, 9.17) is 5.11 Å². The predicted molar refractivity (Wildman–Crippen MR) is 81.0 cm³/mol. The van der Waals surface area contributed by atoms with E-state index < -0.39 is 5.97 Å². The van der Waals surface area contributed by atoms with E-state index in [-0.39, 0.29) is 6.42 Å². The van der Waals surface area contributed by atoms with Gasteiger partial charge in [0.1, 0.15) is 0 Å². The molecular formula is C17H19NO2. The molecule has 104 valence electrons. The maximum atomic E-state index is 10.2. The summed E-state index contributed by atoms with van der Waals surface area (Å²) in [6.07, 6.45) is 2.63. The highest BCUT2D eigenvalue weighted by molar-refractivity contribution is 5.70. The Hall–Kier alpha value is -2.29. The van der Waals surface area contributed by atoms with Gasteiger partial charge < -0.3 is 10.4 Å². The molecule has 0 aliphatic carbocycles. The van der Waals surface area contributed by atoms with Crippen molar-refractivity contribution in [1.82, 2.24) is 0 Å². The molecule has 3 heteroatoms. The molecule has 0 unspecified atom stereocenters. The van der Waals surface area contributed by atoms with E-state index in [1.165, 1.54) is 24.1 Å². The average Bonchev–Trinajstić information content (AvgIpc) is 2.48. The van der Waals surface area contributed by atoms with Gasteiger partial charge in [0.25, 0.3) is 0 Å². The summed E-state index contributed by atoms with van der Waals surface area (Å²) in [5, 5.41) is 11.7. The lowest BCUT2D eigenvalue weighted by Gasteiger charge is -2.16. The minimum atomic E-state index is -0.786. The first-order valence-electron chi connectivity index (χ1n) is 6.83. The summed E-state index contributed by atoms with van der Waals surface area (Å²) in [6, 6.07) is 17.7. The van der Waals surface area contributed by atoms with Crippen LogP contribution in [-0.4, -0.2) is 17.6 Å². The van der Waals surface area contributed by atoms with Crippen molar-refractivity contribution in [2.45, 2.75) is 19.3 Å². The third-order valence-corrected chi connectivity index (χ3v) is 3.15. The summed E-state index contributed by atoms with van der Waals surface area (Å²) in [5.41, 5.74) is 3.64. The second-order valence-corrected chi connectivity index (χ2v) is 4.74. The number of nitrogens with one attached hydrogen (secondary N) is 1. The minimum absolute atomic E-state index is 0.112. The van der Waals surface area contributed by atoms with Gasteiger partial charge in [0.15, 0.2) is 0 Å². The largest absolute Gasteiger partial charge is 0.481 e. The number of carboxylic acids is 1. The molecule has 0 aromatic heterocycles. The molecule has 0 amide bonds. The zero-order valence-corrected chi connectivity index (χ0v) is 11.4. The summed E-state index contributed by atoms with van der Waals surface area (Å²) in [4.78, 5) is 10.2. The predicted octanol–water partition coefficient (Wildman–Crippen LogP) is 3.36. The fourth-order valence-electron chi connectivity index (χ4n) is 2.18. The van der Waals surface area contributed by atoms with Crippen LogP contribution in [0.5, 0.6) is 0 Å². The highest BCUT2D eigenvalue weighted by Crippen LogP contribution is 2.20. The first-order chi connectivity index (χ1) is 9.75. The average molecular weight is 269 g/mol. The molecule has 0 radical (unpaired) electrons. The number of carboxylic acid groups (broad SMARTS) is 1. The Morgan fingerprint density at radius 3 is 2.45 bits per heavy atom. The number of hydrogen-bond acceptors (Lipinski definition) is 2. The number of aryl methyl sites for hydroxylation is 1. The molecule has 0 saturated carbocycles. The van der Waals surface area contributed by atoms with E-state index in [9.17, 15) is 4.79 Å². The Bertz CT molecular complexity index is 527. The normalized spacial score (nSPS) is 12.4. The van der Waals surface area contributed by atoms with Crippen LogP contribution in [-0.2, 0) is 17.6 Å². The maximum absolute atomic E-state index is 10.2. The fraction of sp³-hybridized carbons (Fsp3) is 0.235. The fourth-order valence-corrected chi connectivity index (χ4v) is 2.18. The number of benzene rings is 2. The van der Waals surface area contributed by atoms with E-state index in [2.05, 4.69) is 29.6 Å². The summed E-state index contributed by atoms with van der Waals surface area (Å²) >= 11 is 0. The number of hydrogen-bond donors (Lipinski definition) is 2. The van der Waals surface area contributed by atoms with Gasteiger partial charge in [0.2, 0.25) is 0 Å².